The van der Waals surface area contributed by atoms with Crippen LogP contribution in [0.5, 0.6) is 5.75 Å². The summed E-state index contributed by atoms with van der Waals surface area (Å²) in [5.74, 6) is -1.17. The Morgan fingerprint density at radius 3 is 2.37 bits per heavy atom. The number of nitrogens with two attached hydrogens (primary N) is 1. The van der Waals surface area contributed by atoms with Crippen molar-refractivity contribution in [1.29, 1.82) is 5.26 Å². The van der Waals surface area contributed by atoms with Gasteiger partial charge in [-0.05, 0) is 43.7 Å². The van der Waals surface area contributed by atoms with E-state index in [1.165, 1.54) is 4.90 Å². The van der Waals surface area contributed by atoms with E-state index in [1.807, 2.05) is 38.1 Å². The quantitative estimate of drug-likeness (QED) is 0.762. The molecule has 4 rings (SSSR count). The number of nitriles is 1. The summed E-state index contributed by atoms with van der Waals surface area (Å²) < 4.78 is 5.50. The Kier molecular flexibility index (Phi) is 5.27. The van der Waals surface area contributed by atoms with Crippen LogP contribution in [0.4, 0.5) is 5.69 Å². The van der Waals surface area contributed by atoms with Crippen LogP contribution in [0.15, 0.2) is 59.1 Å². The first kappa shape index (κ1) is 20.0. The molecule has 0 bridgehead atoms. The van der Waals surface area contributed by atoms with Crippen molar-refractivity contribution in [3.8, 4) is 11.8 Å². The van der Waals surface area contributed by atoms with Crippen LogP contribution in [0.2, 0.25) is 0 Å². The molecule has 2 aliphatic rings. The lowest BCUT2D eigenvalue weighted by Gasteiger charge is -2.30. The van der Waals surface area contributed by atoms with Gasteiger partial charge in [0.2, 0.25) is 11.8 Å². The summed E-state index contributed by atoms with van der Waals surface area (Å²) in [6.07, 6.45) is 0. The molecule has 3 atom stereocenters. The number of ether oxygens (including phenoxy) is 1. The second kappa shape index (κ2) is 7.88. The number of thioether (sulfide) groups is 1. The van der Waals surface area contributed by atoms with E-state index >= 15 is 0 Å². The van der Waals surface area contributed by atoms with E-state index < -0.39 is 17.1 Å². The molecule has 2 aromatic rings. The number of benzene rings is 2. The number of carbonyl (C=O) groups is 2. The van der Waals surface area contributed by atoms with Gasteiger partial charge in [-0.2, -0.15) is 5.26 Å². The second-order valence-corrected chi connectivity index (χ2v) is 8.46. The van der Waals surface area contributed by atoms with Crippen molar-refractivity contribution in [3.63, 3.8) is 0 Å². The zero-order valence-corrected chi connectivity index (χ0v) is 17.5. The molecule has 1 fully saturated rings. The van der Waals surface area contributed by atoms with Crippen LogP contribution in [-0.4, -0.2) is 23.7 Å². The normalized spacial score (nSPS) is 23.4. The first-order valence-corrected chi connectivity index (χ1v) is 10.6. The molecule has 2 amide bonds. The average Bonchev–Trinajstić information content (AvgIpc) is 2.98. The van der Waals surface area contributed by atoms with Gasteiger partial charge >= 0.3 is 0 Å². The van der Waals surface area contributed by atoms with Crippen LogP contribution >= 0.6 is 11.8 Å². The van der Waals surface area contributed by atoms with E-state index in [0.717, 1.165) is 22.9 Å². The number of fused-ring (bicyclic) bond motifs is 1. The van der Waals surface area contributed by atoms with E-state index in [0.29, 0.717) is 28.6 Å². The van der Waals surface area contributed by atoms with E-state index in [1.54, 1.807) is 24.3 Å². The number of imide groups is 1. The van der Waals surface area contributed by atoms with Crippen molar-refractivity contribution in [2.24, 2.45) is 11.7 Å². The lowest BCUT2D eigenvalue weighted by molar-refractivity contribution is -0.122. The molecule has 0 unspecified atom stereocenters. The molecule has 0 aliphatic carbocycles. The molecule has 0 aromatic heterocycles. The van der Waals surface area contributed by atoms with Crippen LogP contribution < -0.4 is 15.4 Å². The van der Waals surface area contributed by atoms with Gasteiger partial charge in [0.1, 0.15) is 11.0 Å². The number of hydrogen-bond donors (Lipinski definition) is 1. The molecular weight excluding hydrogens is 398 g/mol. The standard InChI is InChI=1S/C23H21N3O3S/c1-3-29-16-10-6-14(7-11-16)18-17(12-24)21(25)30-20-19(18)22(27)26(23(20)28)15-8-4-13(2)5-9-15/h4-11,18-20H,3,25H2,1-2H3/t18-,19+,20-/m0/s1. The maximum absolute atomic E-state index is 13.5. The third kappa shape index (κ3) is 3.23. The first-order valence-electron chi connectivity index (χ1n) is 9.70. The number of rotatable bonds is 4. The smallest absolute Gasteiger partial charge is 0.248 e. The Morgan fingerprint density at radius 2 is 1.77 bits per heavy atom. The largest absolute Gasteiger partial charge is 0.494 e. The van der Waals surface area contributed by atoms with E-state index in [-0.39, 0.29) is 11.8 Å². The van der Waals surface area contributed by atoms with Crippen molar-refractivity contribution >= 4 is 29.3 Å². The topological polar surface area (TPSA) is 96.4 Å². The summed E-state index contributed by atoms with van der Waals surface area (Å²) in [5, 5.41) is 9.42. The Bertz CT molecular complexity index is 1070. The SMILES string of the molecule is CCOc1ccc([C@H]2C(C#N)=C(N)S[C@@H]3C(=O)N(c4ccc(C)cc4)C(=O)[C@@H]32)cc1. The molecule has 1 saturated heterocycles. The molecule has 0 radical (unpaired) electrons. The molecule has 152 valence electrons. The number of allylic oxidation sites excluding steroid dienone is 1. The van der Waals surface area contributed by atoms with Gasteiger partial charge in [0.05, 0.1) is 34.9 Å². The van der Waals surface area contributed by atoms with Gasteiger partial charge in [-0.15, -0.1) is 0 Å². The monoisotopic (exact) mass is 419 g/mol. The molecule has 2 aromatic carbocycles. The number of carbonyl (C=O) groups excluding carboxylic acids is 2. The minimum Gasteiger partial charge on any atom is -0.494 e. The summed E-state index contributed by atoms with van der Waals surface area (Å²) in [6.45, 7) is 4.38. The molecule has 2 aliphatic heterocycles. The van der Waals surface area contributed by atoms with Crippen LogP contribution in [0.25, 0.3) is 0 Å². The predicted molar refractivity (Wildman–Crippen MR) is 116 cm³/mol. The molecular formula is C23H21N3O3S. The maximum Gasteiger partial charge on any atom is 0.248 e. The zero-order chi connectivity index (χ0) is 21.4. The maximum atomic E-state index is 13.5. The highest BCUT2D eigenvalue weighted by atomic mass is 32.2. The van der Waals surface area contributed by atoms with Gasteiger partial charge in [0.15, 0.2) is 0 Å². The minimum absolute atomic E-state index is 0.296. The fraction of sp³-hybridized carbons (Fsp3) is 0.261. The van der Waals surface area contributed by atoms with E-state index in [2.05, 4.69) is 6.07 Å². The summed E-state index contributed by atoms with van der Waals surface area (Å²) in [7, 11) is 0. The Hall–Kier alpha value is -3.24. The van der Waals surface area contributed by atoms with Crippen molar-refractivity contribution < 1.29 is 14.3 Å². The molecule has 0 saturated carbocycles. The average molecular weight is 420 g/mol. The van der Waals surface area contributed by atoms with Crippen LogP contribution in [0.1, 0.15) is 24.0 Å². The third-order valence-corrected chi connectivity index (χ3v) is 6.67. The van der Waals surface area contributed by atoms with Gasteiger partial charge in [-0.25, -0.2) is 4.90 Å². The Morgan fingerprint density at radius 1 is 1.10 bits per heavy atom. The highest BCUT2D eigenvalue weighted by Gasteiger charge is 2.56. The highest BCUT2D eigenvalue weighted by Crippen LogP contribution is 2.50. The highest BCUT2D eigenvalue weighted by molar-refractivity contribution is 8.04. The Labute approximate surface area is 179 Å². The number of aryl methyl sites for hydroxylation is 1. The molecule has 6 nitrogen and oxygen atoms in total. The van der Waals surface area contributed by atoms with Crippen LogP contribution in [0.3, 0.4) is 0 Å². The van der Waals surface area contributed by atoms with Crippen molar-refractivity contribution in [2.75, 3.05) is 11.5 Å². The molecule has 2 heterocycles. The predicted octanol–water partition coefficient (Wildman–Crippen LogP) is 3.48. The van der Waals surface area contributed by atoms with Crippen LogP contribution in [-0.2, 0) is 9.59 Å². The first-order chi connectivity index (χ1) is 14.5. The summed E-state index contributed by atoms with van der Waals surface area (Å²) in [6, 6.07) is 16.7. The Balaban J connectivity index is 1.77. The van der Waals surface area contributed by atoms with Gasteiger partial charge in [0.25, 0.3) is 0 Å². The molecule has 0 spiro atoms. The van der Waals surface area contributed by atoms with Gasteiger partial charge in [-0.3, -0.25) is 9.59 Å². The van der Waals surface area contributed by atoms with Crippen molar-refractivity contribution in [2.45, 2.75) is 25.0 Å². The lowest BCUT2D eigenvalue weighted by atomic mass is 9.79. The van der Waals surface area contributed by atoms with Crippen molar-refractivity contribution in [3.05, 3.63) is 70.3 Å². The zero-order valence-electron chi connectivity index (χ0n) is 16.7. The van der Waals surface area contributed by atoms with Gasteiger partial charge < -0.3 is 10.5 Å². The number of nitrogens with zero attached hydrogens (tertiary/aromatic N) is 2. The number of anilines is 1. The van der Waals surface area contributed by atoms with Crippen LogP contribution in [0, 0.1) is 24.2 Å². The summed E-state index contributed by atoms with van der Waals surface area (Å²) >= 11 is 1.11. The molecule has 7 heteroatoms. The van der Waals surface area contributed by atoms with Gasteiger partial charge in [0, 0.05) is 5.92 Å². The van der Waals surface area contributed by atoms with E-state index in [9.17, 15) is 14.9 Å². The molecule has 30 heavy (non-hydrogen) atoms. The van der Waals surface area contributed by atoms with Crippen molar-refractivity contribution in [1.82, 2.24) is 0 Å². The van der Waals surface area contributed by atoms with E-state index in [4.69, 9.17) is 10.5 Å². The van der Waals surface area contributed by atoms with Gasteiger partial charge in [-0.1, -0.05) is 41.6 Å². The fourth-order valence-electron chi connectivity index (χ4n) is 4.03. The number of hydrogen-bond acceptors (Lipinski definition) is 6. The number of amides is 2. The minimum atomic E-state index is -0.691. The summed E-state index contributed by atoms with van der Waals surface area (Å²) in [5.41, 5.74) is 8.84. The second-order valence-electron chi connectivity index (χ2n) is 7.28. The summed E-state index contributed by atoms with van der Waals surface area (Å²) in [4.78, 5) is 27.9. The third-order valence-electron chi connectivity index (χ3n) is 5.45. The lowest BCUT2D eigenvalue weighted by Crippen LogP contribution is -2.33. The fourth-order valence-corrected chi connectivity index (χ4v) is 5.23. The molecule has 2 N–H and O–H groups in total.